The molecule has 0 aliphatic rings. The summed E-state index contributed by atoms with van der Waals surface area (Å²) in [6, 6.07) is 10.5. The van der Waals surface area contributed by atoms with Crippen LogP contribution in [-0.2, 0) is 6.54 Å². The van der Waals surface area contributed by atoms with Crippen molar-refractivity contribution in [2.45, 2.75) is 18.2 Å². The molecule has 0 spiro atoms. The Bertz CT molecular complexity index is 420. The lowest BCUT2D eigenvalue weighted by Crippen LogP contribution is -2.07. The van der Waals surface area contributed by atoms with Gasteiger partial charge < -0.3 is 4.57 Å². The van der Waals surface area contributed by atoms with Gasteiger partial charge in [0.2, 0.25) is 16.3 Å². The predicted molar refractivity (Wildman–Crippen MR) is 64.7 cm³/mol. The minimum Gasteiger partial charge on any atom is -0.331 e. The Kier molecular flexibility index (Phi) is 3.25. The van der Waals surface area contributed by atoms with E-state index in [2.05, 4.69) is 46.9 Å². The van der Waals surface area contributed by atoms with Gasteiger partial charge in [-0.05, 0) is 10.3 Å². The molecule has 0 N–H and O–H groups in total. The van der Waals surface area contributed by atoms with E-state index in [0.29, 0.717) is 4.78 Å². The normalized spacial score (nSPS) is 12.6. The van der Waals surface area contributed by atoms with Gasteiger partial charge in [0, 0.05) is 18.9 Å². The molecule has 0 amide bonds. The number of imidazole rings is 1. The van der Waals surface area contributed by atoms with Crippen molar-refractivity contribution in [3.63, 3.8) is 0 Å². The molecule has 0 aliphatic heterocycles. The maximum atomic E-state index is 4.41. The number of benzene rings is 1. The first-order valence-corrected chi connectivity index (χ1v) is 6.48. The van der Waals surface area contributed by atoms with Crippen LogP contribution in [0.25, 0.3) is 0 Å². The third-order valence-electron chi connectivity index (χ3n) is 2.46. The Morgan fingerprint density at radius 1 is 1.33 bits per heavy atom. The van der Waals surface area contributed by atoms with Crippen molar-refractivity contribution in [3.05, 3.63) is 54.1 Å². The average molecular weight is 214 g/mol. The Morgan fingerprint density at radius 2 is 2.07 bits per heavy atom. The van der Waals surface area contributed by atoms with Gasteiger partial charge in [-0.2, -0.15) is 0 Å². The average Bonchev–Trinajstić information content (AvgIpc) is 2.67. The molecular weight excluding hydrogens is 199 g/mol. The largest absolute Gasteiger partial charge is 0.331 e. The van der Waals surface area contributed by atoms with Gasteiger partial charge in [0.15, 0.2) is 0 Å². The van der Waals surface area contributed by atoms with Crippen molar-refractivity contribution >= 4 is 16.3 Å². The fraction of sp³-hybridized carbons (Fsp3) is 0.250. The van der Waals surface area contributed by atoms with Gasteiger partial charge in [-0.15, -0.1) is 0 Å². The lowest BCUT2D eigenvalue weighted by molar-refractivity contribution is 0.722. The lowest BCUT2D eigenvalue weighted by Gasteiger charge is -2.10. The quantitative estimate of drug-likeness (QED) is 0.710. The third kappa shape index (κ3) is 2.50. The first-order valence-electron chi connectivity index (χ1n) is 5.32. The molecule has 0 aliphatic carbocycles. The van der Waals surface area contributed by atoms with Crippen LogP contribution in [0.2, 0.25) is 0 Å². The van der Waals surface area contributed by atoms with E-state index in [1.54, 1.807) is 0 Å². The lowest BCUT2D eigenvalue weighted by atomic mass is 10.2. The summed E-state index contributed by atoms with van der Waals surface area (Å²) < 4.78 is 2.86. The third-order valence-corrected chi connectivity index (χ3v) is 2.98. The minimum absolute atomic E-state index is 0.615. The number of nitrogens with zero attached hydrogens (tertiary/aromatic N) is 2. The predicted octanol–water partition coefficient (Wildman–Crippen LogP) is 1.63. The summed E-state index contributed by atoms with van der Waals surface area (Å²) in [5, 5.41) is 0. The van der Waals surface area contributed by atoms with Crippen molar-refractivity contribution in [3.8, 4) is 0 Å². The van der Waals surface area contributed by atoms with E-state index < -0.39 is 0 Å². The van der Waals surface area contributed by atoms with E-state index in [1.807, 2.05) is 12.3 Å². The summed E-state index contributed by atoms with van der Waals surface area (Å²) in [7, 11) is 0. The molecule has 2 nitrogen and oxygen atoms in total. The van der Waals surface area contributed by atoms with Crippen LogP contribution in [-0.4, -0.2) is 25.8 Å². The minimum atomic E-state index is 0.615. The van der Waals surface area contributed by atoms with E-state index in [-0.39, 0.29) is 0 Å². The Morgan fingerprint density at radius 3 is 2.73 bits per heavy atom. The Hall–Kier alpha value is -1.04. The number of hydrogen-bond donors (Lipinski definition) is 0. The molecule has 0 fully saturated rings. The molecule has 0 saturated carbocycles. The first-order chi connectivity index (χ1) is 7.27. The summed E-state index contributed by atoms with van der Waals surface area (Å²) >= 11 is 1.15. The molecule has 2 rings (SSSR count). The van der Waals surface area contributed by atoms with E-state index in [9.17, 15) is 0 Å². The van der Waals surface area contributed by atoms with Crippen LogP contribution in [0, 0.1) is 0 Å². The van der Waals surface area contributed by atoms with Crippen LogP contribution in [0.4, 0.5) is 0 Å². The fourth-order valence-electron chi connectivity index (χ4n) is 1.74. The molecule has 2 aromatic rings. The highest BCUT2D eigenvalue weighted by Gasteiger charge is 2.06. The summed E-state index contributed by atoms with van der Waals surface area (Å²) in [5.41, 5.74) is 1.33. The van der Waals surface area contributed by atoms with Gasteiger partial charge in [-0.1, -0.05) is 37.3 Å². The highest BCUT2D eigenvalue weighted by atomic mass is 27.0. The van der Waals surface area contributed by atoms with Gasteiger partial charge in [0.1, 0.15) is 0 Å². The van der Waals surface area contributed by atoms with E-state index in [1.165, 1.54) is 11.4 Å². The van der Waals surface area contributed by atoms with E-state index >= 15 is 0 Å². The van der Waals surface area contributed by atoms with Crippen molar-refractivity contribution in [1.82, 2.24) is 9.55 Å². The summed E-state index contributed by atoms with van der Waals surface area (Å²) in [5.74, 6) is 1.21. The van der Waals surface area contributed by atoms with Crippen molar-refractivity contribution in [1.29, 1.82) is 0 Å². The zero-order chi connectivity index (χ0) is 10.7. The summed E-state index contributed by atoms with van der Waals surface area (Å²) in [6.45, 7) is 3.17. The first kappa shape index (κ1) is 10.5. The molecule has 3 heteroatoms. The molecule has 0 saturated heterocycles. The zero-order valence-corrected chi connectivity index (χ0v) is 11.2. The molecule has 1 heterocycles. The van der Waals surface area contributed by atoms with E-state index in [4.69, 9.17) is 0 Å². The highest BCUT2D eigenvalue weighted by Crippen LogP contribution is 2.11. The van der Waals surface area contributed by atoms with Crippen LogP contribution in [0.5, 0.6) is 0 Å². The molecule has 0 radical (unpaired) electrons. The van der Waals surface area contributed by atoms with Crippen LogP contribution >= 0.6 is 0 Å². The molecular formula is C12H15AlN2. The Balaban J connectivity index is 2.21. The maximum Gasteiger partial charge on any atom is 0.228 e. The van der Waals surface area contributed by atoms with Gasteiger partial charge in [0.05, 0.1) is 5.82 Å². The number of aromatic nitrogens is 2. The molecule has 1 aromatic heterocycles. The zero-order valence-electron chi connectivity index (χ0n) is 9.22. The SMILES string of the molecule is C[CH]([AlH2])c1nccn1Cc1ccccc1. The van der Waals surface area contributed by atoms with Gasteiger partial charge in [-0.3, -0.25) is 0 Å². The number of hydrogen-bond acceptors (Lipinski definition) is 1. The van der Waals surface area contributed by atoms with Crippen LogP contribution in [0.1, 0.15) is 23.1 Å². The van der Waals surface area contributed by atoms with Crippen molar-refractivity contribution < 1.29 is 0 Å². The molecule has 15 heavy (non-hydrogen) atoms. The standard InChI is InChI=1S/C12H13N2.Al.2H/c1-2-12-13-8-9-14(12)10-11-6-4-3-5-7-11;;;/h2-9H,10H2,1H3;;;. The van der Waals surface area contributed by atoms with Gasteiger partial charge in [-0.25, -0.2) is 4.98 Å². The summed E-state index contributed by atoms with van der Waals surface area (Å²) in [6.07, 6.45) is 3.96. The maximum absolute atomic E-state index is 4.41. The Labute approximate surface area is 98.4 Å². The van der Waals surface area contributed by atoms with Crippen LogP contribution in [0.3, 0.4) is 0 Å². The molecule has 1 aromatic carbocycles. The van der Waals surface area contributed by atoms with Crippen LogP contribution < -0.4 is 0 Å². The van der Waals surface area contributed by atoms with Gasteiger partial charge in [0.25, 0.3) is 0 Å². The topological polar surface area (TPSA) is 17.8 Å². The molecule has 0 bridgehead atoms. The monoisotopic (exact) mass is 214 g/mol. The molecule has 1 atom stereocenters. The number of rotatable bonds is 3. The second-order valence-corrected chi connectivity index (χ2v) is 5.79. The summed E-state index contributed by atoms with van der Waals surface area (Å²) in [4.78, 5) is 4.41. The smallest absolute Gasteiger partial charge is 0.228 e. The highest BCUT2D eigenvalue weighted by molar-refractivity contribution is 6.11. The molecule has 1 unspecified atom stereocenters. The van der Waals surface area contributed by atoms with Crippen molar-refractivity contribution in [2.75, 3.05) is 0 Å². The molecule has 76 valence electrons. The van der Waals surface area contributed by atoms with Crippen molar-refractivity contribution in [2.24, 2.45) is 0 Å². The van der Waals surface area contributed by atoms with Crippen LogP contribution in [0.15, 0.2) is 42.7 Å². The van der Waals surface area contributed by atoms with E-state index in [0.717, 1.165) is 22.8 Å². The second-order valence-electron chi connectivity index (χ2n) is 4.05. The second kappa shape index (κ2) is 4.65. The fourth-order valence-corrected chi connectivity index (χ4v) is 2.22. The van der Waals surface area contributed by atoms with Gasteiger partial charge >= 0.3 is 0 Å².